The SMILES string of the molecule is CCCOCC(CCc1cccnc1)NN. The van der Waals surface area contributed by atoms with Crippen molar-refractivity contribution in [1.29, 1.82) is 0 Å². The van der Waals surface area contributed by atoms with Crippen LogP contribution < -0.4 is 11.3 Å². The second kappa shape index (κ2) is 8.21. The number of nitrogens with two attached hydrogens (primary N) is 1. The minimum absolute atomic E-state index is 0.215. The molecule has 0 spiro atoms. The maximum Gasteiger partial charge on any atom is 0.0633 e. The standard InChI is InChI=1S/C12H21N3O/c1-2-8-16-10-12(15-13)6-5-11-4-3-7-14-9-11/h3-4,7,9,12,15H,2,5-6,8,10,13H2,1H3. The van der Waals surface area contributed by atoms with E-state index in [2.05, 4.69) is 23.4 Å². The van der Waals surface area contributed by atoms with Crippen LogP contribution in [0.1, 0.15) is 25.3 Å². The van der Waals surface area contributed by atoms with E-state index in [1.165, 1.54) is 5.56 Å². The van der Waals surface area contributed by atoms with Gasteiger partial charge in [-0.05, 0) is 30.9 Å². The lowest BCUT2D eigenvalue weighted by Gasteiger charge is -2.15. The zero-order chi connectivity index (χ0) is 11.6. The zero-order valence-electron chi connectivity index (χ0n) is 9.86. The fourth-order valence-corrected chi connectivity index (χ4v) is 1.47. The lowest BCUT2D eigenvalue weighted by Crippen LogP contribution is -2.39. The number of ether oxygens (including phenoxy) is 1. The Bertz CT molecular complexity index is 266. The van der Waals surface area contributed by atoms with E-state index in [-0.39, 0.29) is 6.04 Å². The van der Waals surface area contributed by atoms with Gasteiger partial charge in [-0.3, -0.25) is 16.3 Å². The first-order valence-corrected chi connectivity index (χ1v) is 5.79. The number of hydrogen-bond donors (Lipinski definition) is 2. The van der Waals surface area contributed by atoms with Crippen molar-refractivity contribution in [2.24, 2.45) is 5.84 Å². The molecule has 90 valence electrons. The van der Waals surface area contributed by atoms with Crippen molar-refractivity contribution in [3.63, 3.8) is 0 Å². The number of pyridine rings is 1. The van der Waals surface area contributed by atoms with Crippen molar-refractivity contribution in [2.75, 3.05) is 13.2 Å². The average molecular weight is 223 g/mol. The van der Waals surface area contributed by atoms with Gasteiger partial charge in [-0.15, -0.1) is 0 Å². The third-order valence-electron chi connectivity index (χ3n) is 2.41. The number of rotatable bonds is 8. The molecule has 1 aromatic heterocycles. The van der Waals surface area contributed by atoms with Crippen molar-refractivity contribution in [2.45, 2.75) is 32.2 Å². The summed E-state index contributed by atoms with van der Waals surface area (Å²) in [5, 5.41) is 0. The smallest absolute Gasteiger partial charge is 0.0633 e. The third-order valence-corrected chi connectivity index (χ3v) is 2.41. The van der Waals surface area contributed by atoms with Gasteiger partial charge in [0.05, 0.1) is 6.61 Å². The van der Waals surface area contributed by atoms with E-state index < -0.39 is 0 Å². The summed E-state index contributed by atoms with van der Waals surface area (Å²) >= 11 is 0. The summed E-state index contributed by atoms with van der Waals surface area (Å²) in [6.07, 6.45) is 6.65. The predicted octanol–water partition coefficient (Wildman–Crippen LogP) is 1.27. The quantitative estimate of drug-likeness (QED) is 0.396. The summed E-state index contributed by atoms with van der Waals surface area (Å²) in [6.45, 7) is 3.57. The summed E-state index contributed by atoms with van der Waals surface area (Å²) in [5.74, 6) is 5.47. The highest BCUT2D eigenvalue weighted by Crippen LogP contribution is 2.03. The van der Waals surface area contributed by atoms with Gasteiger partial charge >= 0.3 is 0 Å². The first-order valence-electron chi connectivity index (χ1n) is 5.79. The molecule has 0 aliphatic rings. The molecule has 1 rings (SSSR count). The Hall–Kier alpha value is -0.970. The highest BCUT2D eigenvalue weighted by molar-refractivity contribution is 5.08. The maximum atomic E-state index is 5.47. The molecule has 1 aromatic rings. The first-order chi connectivity index (χ1) is 7.86. The Morgan fingerprint density at radius 1 is 1.56 bits per heavy atom. The van der Waals surface area contributed by atoms with E-state index in [1.807, 2.05) is 12.3 Å². The molecule has 0 fully saturated rings. The number of aryl methyl sites for hydroxylation is 1. The van der Waals surface area contributed by atoms with E-state index in [1.54, 1.807) is 6.20 Å². The van der Waals surface area contributed by atoms with Crippen LogP contribution in [0.2, 0.25) is 0 Å². The summed E-state index contributed by atoms with van der Waals surface area (Å²) in [6, 6.07) is 4.24. The molecule has 1 unspecified atom stereocenters. The van der Waals surface area contributed by atoms with Gasteiger partial charge in [0.25, 0.3) is 0 Å². The second-order valence-corrected chi connectivity index (χ2v) is 3.84. The lowest BCUT2D eigenvalue weighted by atomic mass is 10.1. The Morgan fingerprint density at radius 3 is 3.06 bits per heavy atom. The Morgan fingerprint density at radius 2 is 2.44 bits per heavy atom. The van der Waals surface area contributed by atoms with Crippen molar-refractivity contribution in [3.8, 4) is 0 Å². The molecular weight excluding hydrogens is 202 g/mol. The predicted molar refractivity (Wildman–Crippen MR) is 64.8 cm³/mol. The van der Waals surface area contributed by atoms with Crippen LogP contribution in [-0.4, -0.2) is 24.2 Å². The average Bonchev–Trinajstić information content (AvgIpc) is 2.35. The highest BCUT2D eigenvalue weighted by Gasteiger charge is 2.06. The van der Waals surface area contributed by atoms with Crippen LogP contribution in [-0.2, 0) is 11.2 Å². The minimum atomic E-state index is 0.215. The van der Waals surface area contributed by atoms with Crippen molar-refractivity contribution < 1.29 is 4.74 Å². The molecule has 0 saturated carbocycles. The fraction of sp³-hybridized carbons (Fsp3) is 0.583. The molecule has 0 amide bonds. The van der Waals surface area contributed by atoms with Crippen molar-refractivity contribution in [3.05, 3.63) is 30.1 Å². The summed E-state index contributed by atoms with van der Waals surface area (Å²) < 4.78 is 5.47. The van der Waals surface area contributed by atoms with E-state index in [4.69, 9.17) is 10.6 Å². The number of hydrogen-bond acceptors (Lipinski definition) is 4. The van der Waals surface area contributed by atoms with Gasteiger partial charge in [-0.2, -0.15) is 0 Å². The second-order valence-electron chi connectivity index (χ2n) is 3.84. The topological polar surface area (TPSA) is 60.2 Å². The van der Waals surface area contributed by atoms with Gasteiger partial charge in [0, 0.05) is 25.0 Å². The minimum Gasteiger partial charge on any atom is -0.380 e. The van der Waals surface area contributed by atoms with E-state index in [0.29, 0.717) is 6.61 Å². The highest BCUT2D eigenvalue weighted by atomic mass is 16.5. The Labute approximate surface area is 97.2 Å². The fourth-order valence-electron chi connectivity index (χ4n) is 1.47. The zero-order valence-corrected chi connectivity index (χ0v) is 9.86. The summed E-state index contributed by atoms with van der Waals surface area (Å²) in [4.78, 5) is 4.08. The van der Waals surface area contributed by atoms with Crippen molar-refractivity contribution in [1.82, 2.24) is 10.4 Å². The Kier molecular flexibility index (Phi) is 6.72. The number of hydrazine groups is 1. The van der Waals surface area contributed by atoms with Crippen LogP contribution in [0.25, 0.3) is 0 Å². The molecule has 0 aromatic carbocycles. The molecule has 1 heterocycles. The van der Waals surface area contributed by atoms with Crippen LogP contribution in [0.3, 0.4) is 0 Å². The molecule has 1 atom stereocenters. The number of nitrogens with one attached hydrogen (secondary N) is 1. The molecule has 0 aliphatic carbocycles. The van der Waals surface area contributed by atoms with Crippen LogP contribution in [0.4, 0.5) is 0 Å². The van der Waals surface area contributed by atoms with Gasteiger partial charge in [-0.25, -0.2) is 0 Å². The summed E-state index contributed by atoms with van der Waals surface area (Å²) in [7, 11) is 0. The number of nitrogens with zero attached hydrogens (tertiary/aromatic N) is 1. The van der Waals surface area contributed by atoms with E-state index >= 15 is 0 Å². The number of aromatic nitrogens is 1. The largest absolute Gasteiger partial charge is 0.380 e. The van der Waals surface area contributed by atoms with Crippen molar-refractivity contribution >= 4 is 0 Å². The monoisotopic (exact) mass is 223 g/mol. The third kappa shape index (κ3) is 5.21. The molecule has 0 aliphatic heterocycles. The van der Waals surface area contributed by atoms with Gasteiger partial charge in [0.15, 0.2) is 0 Å². The van der Waals surface area contributed by atoms with Crippen LogP contribution in [0.5, 0.6) is 0 Å². The first kappa shape index (κ1) is 13.1. The normalized spacial score (nSPS) is 12.6. The molecule has 4 nitrogen and oxygen atoms in total. The molecule has 0 saturated heterocycles. The molecule has 0 radical (unpaired) electrons. The molecule has 0 bridgehead atoms. The lowest BCUT2D eigenvalue weighted by molar-refractivity contribution is 0.109. The molecule has 16 heavy (non-hydrogen) atoms. The van der Waals surface area contributed by atoms with E-state index in [0.717, 1.165) is 25.9 Å². The van der Waals surface area contributed by atoms with Crippen LogP contribution in [0.15, 0.2) is 24.5 Å². The van der Waals surface area contributed by atoms with E-state index in [9.17, 15) is 0 Å². The Balaban J connectivity index is 2.23. The summed E-state index contributed by atoms with van der Waals surface area (Å²) in [5.41, 5.74) is 4.02. The molecule has 4 heteroatoms. The van der Waals surface area contributed by atoms with Gasteiger partial charge in [0.2, 0.25) is 0 Å². The molecule has 3 N–H and O–H groups in total. The van der Waals surface area contributed by atoms with Gasteiger partial charge in [0.1, 0.15) is 0 Å². The van der Waals surface area contributed by atoms with Gasteiger partial charge in [-0.1, -0.05) is 13.0 Å². The van der Waals surface area contributed by atoms with Crippen LogP contribution >= 0.6 is 0 Å². The van der Waals surface area contributed by atoms with Crippen LogP contribution in [0, 0.1) is 0 Å². The maximum absolute atomic E-state index is 5.47. The molecular formula is C12H21N3O. The van der Waals surface area contributed by atoms with Gasteiger partial charge < -0.3 is 4.74 Å².